The van der Waals surface area contributed by atoms with Gasteiger partial charge in [0.2, 0.25) is 0 Å². The summed E-state index contributed by atoms with van der Waals surface area (Å²) < 4.78 is 1.63. The Balaban J connectivity index is 2.12. The Morgan fingerprint density at radius 3 is 2.30 bits per heavy atom. The van der Waals surface area contributed by atoms with Crippen LogP contribution in [0, 0.1) is 6.92 Å². The number of aryl methyl sites for hydroxylation is 1. The first-order valence-corrected chi connectivity index (χ1v) is 6.29. The standard InChI is InChI=1S/C16H13N3O/c1-12-2-5-15(6-3-12)19-10-13(4-7-16(19)20)14-8-17-11-18-9-14/h2-11H,1H3. The van der Waals surface area contributed by atoms with Gasteiger partial charge in [0, 0.05) is 41.5 Å². The van der Waals surface area contributed by atoms with Crippen molar-refractivity contribution in [3.05, 3.63) is 77.2 Å². The van der Waals surface area contributed by atoms with Crippen LogP contribution in [0.1, 0.15) is 5.56 Å². The number of hydrogen-bond acceptors (Lipinski definition) is 3. The number of aromatic nitrogens is 3. The summed E-state index contributed by atoms with van der Waals surface area (Å²) in [5, 5.41) is 0. The molecular formula is C16H13N3O. The van der Waals surface area contributed by atoms with Crippen molar-refractivity contribution in [3.63, 3.8) is 0 Å². The highest BCUT2D eigenvalue weighted by Crippen LogP contribution is 2.17. The molecule has 2 aromatic heterocycles. The van der Waals surface area contributed by atoms with Crippen molar-refractivity contribution in [2.45, 2.75) is 6.92 Å². The maximum Gasteiger partial charge on any atom is 0.255 e. The maximum absolute atomic E-state index is 12.0. The zero-order valence-corrected chi connectivity index (χ0v) is 11.0. The van der Waals surface area contributed by atoms with Crippen LogP contribution in [0.5, 0.6) is 0 Å². The van der Waals surface area contributed by atoms with Gasteiger partial charge < -0.3 is 0 Å². The van der Waals surface area contributed by atoms with Crippen LogP contribution in [0.25, 0.3) is 16.8 Å². The highest BCUT2D eigenvalue weighted by Gasteiger charge is 2.03. The second kappa shape index (κ2) is 5.09. The van der Waals surface area contributed by atoms with Gasteiger partial charge in [-0.15, -0.1) is 0 Å². The molecule has 0 radical (unpaired) electrons. The minimum absolute atomic E-state index is 0.0607. The van der Waals surface area contributed by atoms with E-state index in [1.807, 2.05) is 37.4 Å². The van der Waals surface area contributed by atoms with Gasteiger partial charge in [-0.05, 0) is 25.1 Å². The van der Waals surface area contributed by atoms with E-state index in [0.717, 1.165) is 22.4 Å². The van der Waals surface area contributed by atoms with E-state index >= 15 is 0 Å². The lowest BCUT2D eigenvalue weighted by Crippen LogP contribution is -2.16. The average Bonchev–Trinajstić information content (AvgIpc) is 2.50. The van der Waals surface area contributed by atoms with Crippen molar-refractivity contribution < 1.29 is 0 Å². The Labute approximate surface area is 116 Å². The minimum Gasteiger partial charge on any atom is -0.284 e. The lowest BCUT2D eigenvalue weighted by molar-refractivity contribution is 0.990. The second-order valence-electron chi connectivity index (χ2n) is 4.59. The van der Waals surface area contributed by atoms with Crippen LogP contribution in [0.2, 0.25) is 0 Å². The average molecular weight is 263 g/mol. The number of pyridine rings is 1. The zero-order chi connectivity index (χ0) is 13.9. The molecule has 0 fully saturated rings. The summed E-state index contributed by atoms with van der Waals surface area (Å²) in [7, 11) is 0. The SMILES string of the molecule is Cc1ccc(-n2cc(-c3cncnc3)ccc2=O)cc1. The largest absolute Gasteiger partial charge is 0.284 e. The third-order valence-corrected chi connectivity index (χ3v) is 3.12. The summed E-state index contributed by atoms with van der Waals surface area (Å²) in [6.07, 6.45) is 6.75. The Bertz CT molecular complexity index is 777. The summed E-state index contributed by atoms with van der Waals surface area (Å²) in [4.78, 5) is 20.0. The van der Waals surface area contributed by atoms with Gasteiger partial charge in [-0.3, -0.25) is 9.36 Å². The van der Waals surface area contributed by atoms with Crippen molar-refractivity contribution >= 4 is 0 Å². The Kier molecular flexibility index (Phi) is 3.13. The van der Waals surface area contributed by atoms with Crippen molar-refractivity contribution in [2.24, 2.45) is 0 Å². The van der Waals surface area contributed by atoms with Crippen molar-refractivity contribution in [1.29, 1.82) is 0 Å². The molecule has 0 N–H and O–H groups in total. The van der Waals surface area contributed by atoms with E-state index in [1.165, 1.54) is 6.33 Å². The smallest absolute Gasteiger partial charge is 0.255 e. The van der Waals surface area contributed by atoms with E-state index in [2.05, 4.69) is 9.97 Å². The fourth-order valence-electron chi connectivity index (χ4n) is 2.01. The summed E-state index contributed by atoms with van der Waals surface area (Å²) in [6, 6.07) is 11.2. The van der Waals surface area contributed by atoms with Gasteiger partial charge in [0.25, 0.3) is 5.56 Å². The molecule has 4 nitrogen and oxygen atoms in total. The molecule has 0 bridgehead atoms. The molecule has 0 aliphatic carbocycles. The predicted octanol–water partition coefficient (Wildman–Crippen LogP) is 2.60. The third-order valence-electron chi connectivity index (χ3n) is 3.12. The summed E-state index contributed by atoms with van der Waals surface area (Å²) >= 11 is 0. The van der Waals surface area contributed by atoms with Gasteiger partial charge in [-0.25, -0.2) is 9.97 Å². The number of hydrogen-bond donors (Lipinski definition) is 0. The molecule has 0 unspecified atom stereocenters. The first-order valence-electron chi connectivity index (χ1n) is 6.29. The summed E-state index contributed by atoms with van der Waals surface area (Å²) in [5.74, 6) is 0. The Morgan fingerprint density at radius 1 is 0.900 bits per heavy atom. The number of nitrogens with zero attached hydrogens (tertiary/aromatic N) is 3. The zero-order valence-electron chi connectivity index (χ0n) is 11.0. The first-order chi connectivity index (χ1) is 9.74. The number of benzene rings is 1. The molecular weight excluding hydrogens is 250 g/mol. The molecule has 0 saturated heterocycles. The Hall–Kier alpha value is -2.75. The normalized spacial score (nSPS) is 10.4. The number of rotatable bonds is 2. The molecule has 3 rings (SSSR count). The molecule has 0 amide bonds. The van der Waals surface area contributed by atoms with Crippen LogP contribution < -0.4 is 5.56 Å². The Morgan fingerprint density at radius 2 is 1.60 bits per heavy atom. The van der Waals surface area contributed by atoms with E-state index in [9.17, 15) is 4.79 Å². The highest BCUT2D eigenvalue weighted by atomic mass is 16.1. The van der Waals surface area contributed by atoms with Crippen LogP contribution in [0.4, 0.5) is 0 Å². The van der Waals surface area contributed by atoms with Crippen LogP contribution in [0.3, 0.4) is 0 Å². The molecule has 0 atom stereocenters. The molecule has 4 heteroatoms. The summed E-state index contributed by atoms with van der Waals surface area (Å²) in [5.41, 5.74) is 3.74. The fraction of sp³-hybridized carbons (Fsp3) is 0.0625. The van der Waals surface area contributed by atoms with Gasteiger partial charge in [0.15, 0.2) is 0 Å². The molecule has 2 heterocycles. The van der Waals surface area contributed by atoms with Gasteiger partial charge in [0.1, 0.15) is 6.33 Å². The van der Waals surface area contributed by atoms with Gasteiger partial charge in [-0.2, -0.15) is 0 Å². The molecule has 20 heavy (non-hydrogen) atoms. The maximum atomic E-state index is 12.0. The van der Waals surface area contributed by atoms with E-state index in [1.54, 1.807) is 29.1 Å². The van der Waals surface area contributed by atoms with Crippen molar-refractivity contribution in [1.82, 2.24) is 14.5 Å². The van der Waals surface area contributed by atoms with E-state index in [-0.39, 0.29) is 5.56 Å². The fourth-order valence-corrected chi connectivity index (χ4v) is 2.01. The monoisotopic (exact) mass is 263 g/mol. The van der Waals surface area contributed by atoms with Crippen LogP contribution in [0.15, 0.2) is 66.1 Å². The lowest BCUT2D eigenvalue weighted by atomic mass is 10.1. The van der Waals surface area contributed by atoms with Gasteiger partial charge >= 0.3 is 0 Å². The van der Waals surface area contributed by atoms with Crippen LogP contribution >= 0.6 is 0 Å². The van der Waals surface area contributed by atoms with Crippen molar-refractivity contribution in [3.8, 4) is 16.8 Å². The molecule has 0 aliphatic rings. The third kappa shape index (κ3) is 2.36. The minimum atomic E-state index is -0.0607. The van der Waals surface area contributed by atoms with Crippen LogP contribution in [-0.4, -0.2) is 14.5 Å². The second-order valence-corrected chi connectivity index (χ2v) is 4.59. The molecule has 1 aromatic carbocycles. The van der Waals surface area contributed by atoms with Crippen LogP contribution in [-0.2, 0) is 0 Å². The predicted molar refractivity (Wildman–Crippen MR) is 77.8 cm³/mol. The van der Waals surface area contributed by atoms with E-state index in [4.69, 9.17) is 0 Å². The molecule has 0 aliphatic heterocycles. The lowest BCUT2D eigenvalue weighted by Gasteiger charge is -2.08. The van der Waals surface area contributed by atoms with E-state index in [0.29, 0.717) is 0 Å². The highest BCUT2D eigenvalue weighted by molar-refractivity contribution is 5.60. The quantitative estimate of drug-likeness (QED) is 0.714. The van der Waals surface area contributed by atoms with E-state index < -0.39 is 0 Å². The van der Waals surface area contributed by atoms with Crippen molar-refractivity contribution in [2.75, 3.05) is 0 Å². The van der Waals surface area contributed by atoms with Gasteiger partial charge in [0.05, 0.1) is 0 Å². The summed E-state index contributed by atoms with van der Waals surface area (Å²) in [6.45, 7) is 2.02. The molecule has 98 valence electrons. The van der Waals surface area contributed by atoms with Gasteiger partial charge in [-0.1, -0.05) is 17.7 Å². The first kappa shape index (κ1) is 12.3. The molecule has 3 aromatic rings. The molecule has 0 spiro atoms. The topological polar surface area (TPSA) is 47.8 Å². The molecule has 0 saturated carbocycles.